The van der Waals surface area contributed by atoms with E-state index in [1.54, 1.807) is 0 Å². The maximum absolute atomic E-state index is 12.7. The molecule has 1 aliphatic heterocycles. The summed E-state index contributed by atoms with van der Waals surface area (Å²) in [5.74, 6) is 0.321. The van der Waals surface area contributed by atoms with Crippen molar-refractivity contribution in [2.24, 2.45) is 5.41 Å². The third-order valence-electron chi connectivity index (χ3n) is 5.23. The van der Waals surface area contributed by atoms with Gasteiger partial charge in [0, 0.05) is 6.54 Å². The lowest BCUT2D eigenvalue weighted by molar-refractivity contribution is -0.134. The van der Waals surface area contributed by atoms with E-state index in [2.05, 4.69) is 37.9 Å². The first-order valence-corrected chi connectivity index (χ1v) is 8.03. The Bertz CT molecular complexity index is 336. The predicted molar refractivity (Wildman–Crippen MR) is 78.8 cm³/mol. The normalized spacial score (nSPS) is 34.2. The Balaban J connectivity index is 2.13. The van der Waals surface area contributed by atoms with Gasteiger partial charge in [0.15, 0.2) is 0 Å². The third-order valence-corrected chi connectivity index (χ3v) is 5.23. The first kappa shape index (κ1) is 14.8. The van der Waals surface area contributed by atoms with Gasteiger partial charge in [0.1, 0.15) is 0 Å². The highest BCUT2D eigenvalue weighted by Gasteiger charge is 2.48. The SMILES string of the molecule is CCCC1NC(C)(CC)C(=O)N1CC1(C)CCCC1. The monoisotopic (exact) mass is 266 g/mol. The fraction of sp³-hybridized carbons (Fsp3) is 0.938. The van der Waals surface area contributed by atoms with Crippen molar-refractivity contribution in [3.63, 3.8) is 0 Å². The number of hydrogen-bond donors (Lipinski definition) is 1. The summed E-state index contributed by atoms with van der Waals surface area (Å²) in [6.07, 6.45) is 8.52. The van der Waals surface area contributed by atoms with E-state index >= 15 is 0 Å². The molecule has 0 aromatic heterocycles. The molecule has 0 bridgehead atoms. The van der Waals surface area contributed by atoms with Crippen LogP contribution >= 0.6 is 0 Å². The van der Waals surface area contributed by atoms with E-state index in [1.165, 1.54) is 25.7 Å². The van der Waals surface area contributed by atoms with Crippen LogP contribution in [0.1, 0.15) is 72.6 Å². The Labute approximate surface area is 118 Å². The van der Waals surface area contributed by atoms with Crippen LogP contribution in [0.5, 0.6) is 0 Å². The molecule has 1 amide bonds. The van der Waals surface area contributed by atoms with Crippen molar-refractivity contribution in [1.29, 1.82) is 0 Å². The van der Waals surface area contributed by atoms with Crippen molar-refractivity contribution in [2.45, 2.75) is 84.3 Å². The number of carbonyl (C=O) groups is 1. The molecule has 2 aliphatic rings. The van der Waals surface area contributed by atoms with Gasteiger partial charge in [-0.2, -0.15) is 0 Å². The van der Waals surface area contributed by atoms with Gasteiger partial charge in [-0.3, -0.25) is 10.1 Å². The average Bonchev–Trinajstić information content (AvgIpc) is 2.89. The van der Waals surface area contributed by atoms with Gasteiger partial charge < -0.3 is 4.90 Å². The quantitative estimate of drug-likeness (QED) is 0.828. The van der Waals surface area contributed by atoms with Gasteiger partial charge in [0.25, 0.3) is 0 Å². The van der Waals surface area contributed by atoms with E-state index in [-0.39, 0.29) is 11.7 Å². The molecule has 2 rings (SSSR count). The molecule has 1 saturated carbocycles. The fourth-order valence-corrected chi connectivity index (χ4v) is 3.70. The van der Waals surface area contributed by atoms with Gasteiger partial charge in [-0.05, 0) is 38.0 Å². The van der Waals surface area contributed by atoms with Crippen molar-refractivity contribution in [3.8, 4) is 0 Å². The van der Waals surface area contributed by atoms with E-state index in [1.807, 2.05) is 0 Å². The average molecular weight is 266 g/mol. The largest absolute Gasteiger partial charge is 0.325 e. The molecule has 110 valence electrons. The summed E-state index contributed by atoms with van der Waals surface area (Å²) in [7, 11) is 0. The Morgan fingerprint density at radius 2 is 1.89 bits per heavy atom. The van der Waals surface area contributed by atoms with E-state index in [9.17, 15) is 4.79 Å². The maximum Gasteiger partial charge on any atom is 0.243 e. The van der Waals surface area contributed by atoms with E-state index in [0.717, 1.165) is 25.8 Å². The highest BCUT2D eigenvalue weighted by Crippen LogP contribution is 2.40. The van der Waals surface area contributed by atoms with Crippen LogP contribution in [0, 0.1) is 5.41 Å². The first-order chi connectivity index (χ1) is 8.94. The van der Waals surface area contributed by atoms with E-state index in [0.29, 0.717) is 11.3 Å². The van der Waals surface area contributed by atoms with Gasteiger partial charge >= 0.3 is 0 Å². The molecule has 0 spiro atoms. The zero-order valence-corrected chi connectivity index (χ0v) is 13.1. The molecule has 3 nitrogen and oxygen atoms in total. The predicted octanol–water partition coefficient (Wildman–Crippen LogP) is 3.29. The lowest BCUT2D eigenvalue weighted by atomic mass is 9.87. The zero-order chi connectivity index (χ0) is 14.1. The molecule has 1 saturated heterocycles. The number of amides is 1. The number of rotatable bonds is 5. The van der Waals surface area contributed by atoms with Gasteiger partial charge in [0.05, 0.1) is 11.7 Å². The minimum absolute atomic E-state index is 0.250. The Hall–Kier alpha value is -0.570. The second kappa shape index (κ2) is 5.43. The second-order valence-electron chi connectivity index (χ2n) is 7.09. The molecule has 0 radical (unpaired) electrons. The zero-order valence-electron chi connectivity index (χ0n) is 13.1. The topological polar surface area (TPSA) is 32.3 Å². The lowest BCUT2D eigenvalue weighted by Gasteiger charge is -2.33. The van der Waals surface area contributed by atoms with Crippen LogP contribution in [-0.4, -0.2) is 29.1 Å². The summed E-state index contributed by atoms with van der Waals surface area (Å²) in [5, 5.41) is 3.59. The van der Waals surface area contributed by atoms with Crippen LogP contribution in [0.3, 0.4) is 0 Å². The molecule has 0 aromatic rings. The van der Waals surface area contributed by atoms with Gasteiger partial charge in [-0.15, -0.1) is 0 Å². The summed E-state index contributed by atoms with van der Waals surface area (Å²) in [5.41, 5.74) is 0.0110. The summed E-state index contributed by atoms with van der Waals surface area (Å²) < 4.78 is 0. The van der Waals surface area contributed by atoms with Crippen molar-refractivity contribution in [1.82, 2.24) is 10.2 Å². The van der Waals surface area contributed by atoms with Crippen LogP contribution < -0.4 is 5.32 Å². The first-order valence-electron chi connectivity index (χ1n) is 8.03. The molecule has 1 heterocycles. The van der Waals surface area contributed by atoms with Crippen molar-refractivity contribution in [2.75, 3.05) is 6.54 Å². The standard InChI is InChI=1S/C16H30N2O/c1-5-9-13-17-16(4,6-2)14(19)18(13)12-15(3)10-7-8-11-15/h13,17H,5-12H2,1-4H3. The van der Waals surface area contributed by atoms with Crippen molar-refractivity contribution >= 4 is 5.91 Å². The highest BCUT2D eigenvalue weighted by molar-refractivity contribution is 5.88. The summed E-state index contributed by atoms with van der Waals surface area (Å²) in [6, 6.07) is 0. The van der Waals surface area contributed by atoms with Gasteiger partial charge in [0.2, 0.25) is 5.91 Å². The summed E-state index contributed by atoms with van der Waals surface area (Å²) in [4.78, 5) is 14.9. The smallest absolute Gasteiger partial charge is 0.243 e. The molecular weight excluding hydrogens is 236 g/mol. The molecule has 19 heavy (non-hydrogen) atoms. The molecule has 3 heteroatoms. The number of hydrogen-bond acceptors (Lipinski definition) is 2. The van der Waals surface area contributed by atoms with Gasteiger partial charge in [-0.25, -0.2) is 0 Å². The molecule has 2 atom stereocenters. The van der Waals surface area contributed by atoms with Crippen LogP contribution in [0.4, 0.5) is 0 Å². The molecular formula is C16H30N2O. The van der Waals surface area contributed by atoms with Crippen LogP contribution in [0.15, 0.2) is 0 Å². The number of nitrogens with zero attached hydrogens (tertiary/aromatic N) is 1. The van der Waals surface area contributed by atoms with Crippen LogP contribution in [-0.2, 0) is 4.79 Å². The van der Waals surface area contributed by atoms with E-state index in [4.69, 9.17) is 0 Å². The Morgan fingerprint density at radius 1 is 1.26 bits per heavy atom. The van der Waals surface area contributed by atoms with Gasteiger partial charge in [-0.1, -0.05) is 40.0 Å². The summed E-state index contributed by atoms with van der Waals surface area (Å²) >= 11 is 0. The Morgan fingerprint density at radius 3 is 2.42 bits per heavy atom. The molecule has 0 aromatic carbocycles. The fourth-order valence-electron chi connectivity index (χ4n) is 3.70. The second-order valence-corrected chi connectivity index (χ2v) is 7.09. The molecule has 1 N–H and O–H groups in total. The van der Waals surface area contributed by atoms with Crippen LogP contribution in [0.2, 0.25) is 0 Å². The van der Waals surface area contributed by atoms with Crippen molar-refractivity contribution in [3.05, 3.63) is 0 Å². The molecule has 1 aliphatic carbocycles. The third kappa shape index (κ3) is 2.81. The summed E-state index contributed by atoms with van der Waals surface area (Å²) in [6.45, 7) is 9.67. The Kier molecular flexibility index (Phi) is 4.24. The van der Waals surface area contributed by atoms with Crippen molar-refractivity contribution < 1.29 is 4.79 Å². The number of carbonyl (C=O) groups excluding carboxylic acids is 1. The lowest BCUT2D eigenvalue weighted by Crippen LogP contribution is -2.44. The minimum atomic E-state index is -0.338. The minimum Gasteiger partial charge on any atom is -0.325 e. The van der Waals surface area contributed by atoms with Crippen LogP contribution in [0.25, 0.3) is 0 Å². The number of nitrogens with one attached hydrogen (secondary N) is 1. The maximum atomic E-state index is 12.7. The highest BCUT2D eigenvalue weighted by atomic mass is 16.2. The molecule has 2 fully saturated rings. The van der Waals surface area contributed by atoms with E-state index < -0.39 is 0 Å². The molecule has 2 unspecified atom stereocenters.